The Labute approximate surface area is 335 Å². The standard InChI is InChI=1S/C33H40N6.C5H11NO.C4H9NO.2CH4O/c1-34-18-29(35-20-31-25-12-14-27(16-25)38(31)2)23-8-4-21(5-9-23)22-6-10-24(11-7-22)30-19-36-33(37-30)32-26-13-15-28(17-26)39(32)3;1-4(2)5(6)3-7;1-4(3-6)5-2;2*1-2/h4-11,18-19,25-28,31-32,35H,1,12-17,20H2,2-3H3,(H,36,37);3-5H,6H2,1-2H3;3-5H,1-2H3;2*2H,1H3/b29-18-;;;;. The summed E-state index contributed by atoms with van der Waals surface area (Å²) in [6.07, 6.45) is 13.6. The van der Waals surface area contributed by atoms with Gasteiger partial charge in [0.25, 0.3) is 0 Å². The van der Waals surface area contributed by atoms with Crippen LogP contribution in [-0.2, 0) is 9.59 Å². The molecular formula is C44H68N8O4. The zero-order valence-corrected chi connectivity index (χ0v) is 34.9. The Bertz CT molecular complexity index is 1640. The van der Waals surface area contributed by atoms with Crippen LogP contribution < -0.4 is 16.4 Å². The number of fused-ring (bicyclic) bond motifs is 4. The average Bonchev–Trinajstić information content (AvgIpc) is 4.10. The van der Waals surface area contributed by atoms with Gasteiger partial charge in [0, 0.05) is 45.1 Å². The maximum atomic E-state index is 9.82. The lowest BCUT2D eigenvalue weighted by atomic mass is 9.98. The quantitative estimate of drug-likeness (QED) is 0.107. The molecule has 4 fully saturated rings. The number of carbonyl (C=O) groups is 2. The van der Waals surface area contributed by atoms with E-state index in [9.17, 15) is 9.59 Å². The maximum absolute atomic E-state index is 9.82. The number of benzene rings is 2. The van der Waals surface area contributed by atoms with E-state index in [1.807, 2.05) is 26.2 Å². The monoisotopic (exact) mass is 773 g/mol. The maximum Gasteiger partial charge on any atom is 0.136 e. The van der Waals surface area contributed by atoms with Crippen LogP contribution in [0.15, 0.2) is 65.9 Å². The summed E-state index contributed by atoms with van der Waals surface area (Å²) in [6, 6.07) is 19.9. The fraction of sp³-hybridized carbons (Fsp3) is 0.545. The lowest BCUT2D eigenvalue weighted by molar-refractivity contribution is -0.110. The van der Waals surface area contributed by atoms with Gasteiger partial charge in [0.1, 0.15) is 18.4 Å². The Morgan fingerprint density at radius 2 is 1.45 bits per heavy atom. The van der Waals surface area contributed by atoms with Crippen molar-refractivity contribution in [3.8, 4) is 22.4 Å². The van der Waals surface area contributed by atoms with Crippen molar-refractivity contribution >= 4 is 25.0 Å². The van der Waals surface area contributed by atoms with E-state index in [0.29, 0.717) is 12.1 Å². The van der Waals surface area contributed by atoms with E-state index in [4.69, 9.17) is 20.9 Å². The highest BCUT2D eigenvalue weighted by Crippen LogP contribution is 2.48. The molecule has 2 saturated heterocycles. The lowest BCUT2D eigenvalue weighted by Crippen LogP contribution is -2.43. The third-order valence-electron chi connectivity index (χ3n) is 11.9. The number of H-pyrrole nitrogens is 1. The summed E-state index contributed by atoms with van der Waals surface area (Å²) >= 11 is 0. The number of aliphatic hydroxyl groups excluding tert-OH is 2. The van der Waals surface area contributed by atoms with Gasteiger partial charge in [0.05, 0.1) is 35.7 Å². The number of aliphatic hydroxyl groups is 2. The number of nitrogens with two attached hydrogens (primary N) is 1. The minimum Gasteiger partial charge on any atom is -0.400 e. The summed E-state index contributed by atoms with van der Waals surface area (Å²) in [6.45, 7) is 10.3. The molecular weight excluding hydrogens is 705 g/mol. The van der Waals surface area contributed by atoms with Crippen LogP contribution in [0, 0.1) is 17.8 Å². The number of hydrogen-bond donors (Lipinski definition) is 6. The fourth-order valence-electron chi connectivity index (χ4n) is 8.32. The summed E-state index contributed by atoms with van der Waals surface area (Å²) in [5, 5.41) is 20.4. The molecule has 4 aliphatic rings. The number of carbonyl (C=O) groups excluding carboxylic acids is 2. The van der Waals surface area contributed by atoms with E-state index in [1.54, 1.807) is 14.0 Å². The highest BCUT2D eigenvalue weighted by molar-refractivity contribution is 5.72. The zero-order valence-electron chi connectivity index (χ0n) is 34.9. The van der Waals surface area contributed by atoms with Crippen molar-refractivity contribution in [2.24, 2.45) is 28.5 Å². The van der Waals surface area contributed by atoms with Crippen LogP contribution in [0.1, 0.15) is 76.7 Å². The molecule has 8 atom stereocenters. The molecule has 1 aromatic heterocycles. The summed E-state index contributed by atoms with van der Waals surface area (Å²) in [7, 11) is 8.30. The summed E-state index contributed by atoms with van der Waals surface area (Å²) in [5.74, 6) is 2.97. The number of rotatable bonds is 12. The van der Waals surface area contributed by atoms with E-state index < -0.39 is 0 Å². The second-order valence-electron chi connectivity index (χ2n) is 15.4. The average molecular weight is 773 g/mol. The number of aliphatic imine (C=N–C) groups is 1. The number of likely N-dealkylation sites (N-methyl/N-ethyl adjacent to an activating group) is 2. The van der Waals surface area contributed by atoms with Gasteiger partial charge < -0.3 is 41.2 Å². The van der Waals surface area contributed by atoms with Crippen LogP contribution in [0.4, 0.5) is 0 Å². The minimum absolute atomic E-state index is 0.00463. The minimum atomic E-state index is -0.278. The van der Waals surface area contributed by atoms with Crippen molar-refractivity contribution in [3.05, 3.63) is 72.3 Å². The predicted octanol–water partition coefficient (Wildman–Crippen LogP) is 5.15. The number of hydrogen-bond acceptors (Lipinski definition) is 11. The van der Waals surface area contributed by atoms with Crippen molar-refractivity contribution in [3.63, 3.8) is 0 Å². The molecule has 4 bridgehead atoms. The Morgan fingerprint density at radius 1 is 0.893 bits per heavy atom. The second kappa shape index (κ2) is 23.3. The molecule has 2 saturated carbocycles. The van der Waals surface area contributed by atoms with Gasteiger partial charge in [-0.1, -0.05) is 62.4 Å². The van der Waals surface area contributed by atoms with Gasteiger partial charge in [-0.05, 0) is 113 Å². The van der Waals surface area contributed by atoms with E-state index in [0.717, 1.165) is 80.0 Å². The smallest absolute Gasteiger partial charge is 0.136 e. The summed E-state index contributed by atoms with van der Waals surface area (Å²) < 4.78 is 0. The van der Waals surface area contributed by atoms with Crippen molar-refractivity contribution in [1.82, 2.24) is 30.4 Å². The number of likely N-dealkylation sites (tertiary alicyclic amines) is 2. The summed E-state index contributed by atoms with van der Waals surface area (Å²) in [4.78, 5) is 37.1. The van der Waals surface area contributed by atoms with E-state index >= 15 is 0 Å². The summed E-state index contributed by atoms with van der Waals surface area (Å²) in [5.41, 5.74) is 12.1. The van der Waals surface area contributed by atoms with E-state index in [1.165, 1.54) is 55.2 Å². The number of nitrogens with zero attached hydrogens (tertiary/aromatic N) is 4. The first-order chi connectivity index (χ1) is 27.1. The highest BCUT2D eigenvalue weighted by atomic mass is 16.2. The largest absolute Gasteiger partial charge is 0.400 e. The highest BCUT2D eigenvalue weighted by Gasteiger charge is 2.46. The number of imidazole rings is 1. The first kappa shape index (κ1) is 46.3. The molecule has 0 radical (unpaired) electrons. The molecule has 12 heteroatoms. The van der Waals surface area contributed by atoms with Gasteiger partial charge in [-0.2, -0.15) is 0 Å². The van der Waals surface area contributed by atoms with Crippen LogP contribution in [0.2, 0.25) is 0 Å². The van der Waals surface area contributed by atoms with Crippen LogP contribution >= 0.6 is 0 Å². The molecule has 3 aromatic rings. The number of piperidine rings is 2. The van der Waals surface area contributed by atoms with Crippen LogP contribution in [-0.4, -0.2) is 121 Å². The first-order valence-corrected chi connectivity index (χ1v) is 19.9. The van der Waals surface area contributed by atoms with Gasteiger partial charge in [-0.15, -0.1) is 0 Å². The Hall–Kier alpha value is -4.04. The molecule has 2 aromatic carbocycles. The molecule has 308 valence electrons. The van der Waals surface area contributed by atoms with Gasteiger partial charge in [0.15, 0.2) is 0 Å². The normalized spacial score (nSPS) is 24.6. The van der Waals surface area contributed by atoms with Crippen molar-refractivity contribution < 1.29 is 19.8 Å². The van der Waals surface area contributed by atoms with Gasteiger partial charge in [0.2, 0.25) is 0 Å². The van der Waals surface area contributed by atoms with Gasteiger partial charge in [-0.25, -0.2) is 4.98 Å². The molecule has 2 aliphatic carbocycles. The van der Waals surface area contributed by atoms with Crippen molar-refractivity contribution in [2.75, 3.05) is 41.9 Å². The SMILES string of the molecule is C=N/C=C(\NCC1C2CCC(C2)N1C)c1ccc(-c2ccc(-c3cnc(C4C5CCC(C5)N4C)[nH]3)cc2)cc1.CC(C)C(N)C=O.CNC(C)C=O.CO.CO. The second-order valence-corrected chi connectivity index (χ2v) is 15.4. The third-order valence-corrected chi connectivity index (χ3v) is 11.9. The van der Waals surface area contributed by atoms with Gasteiger partial charge in [-0.3, -0.25) is 14.8 Å². The van der Waals surface area contributed by atoms with Crippen LogP contribution in [0.25, 0.3) is 28.1 Å². The van der Waals surface area contributed by atoms with E-state index in [2.05, 4.69) is 99.8 Å². The topological polar surface area (TPSA) is 172 Å². The predicted molar refractivity (Wildman–Crippen MR) is 229 cm³/mol. The van der Waals surface area contributed by atoms with Gasteiger partial charge >= 0.3 is 0 Å². The molecule has 7 N–H and O–H groups in total. The Morgan fingerprint density at radius 3 is 1.89 bits per heavy atom. The van der Waals surface area contributed by atoms with Crippen LogP contribution in [0.3, 0.4) is 0 Å². The molecule has 12 nitrogen and oxygen atoms in total. The van der Waals surface area contributed by atoms with Crippen molar-refractivity contribution in [2.45, 2.75) is 95.5 Å². The molecule has 8 unspecified atom stereocenters. The molecule has 3 heterocycles. The third kappa shape index (κ3) is 11.7. The molecule has 56 heavy (non-hydrogen) atoms. The first-order valence-electron chi connectivity index (χ1n) is 19.9. The molecule has 0 spiro atoms. The molecule has 0 amide bonds. The molecule has 7 rings (SSSR count). The number of nitrogens with one attached hydrogen (secondary N) is 3. The fourth-order valence-corrected chi connectivity index (χ4v) is 8.32. The lowest BCUT2D eigenvalue weighted by Gasteiger charge is -2.32. The number of aromatic amines is 1. The zero-order chi connectivity index (χ0) is 41.4. The Kier molecular flexibility index (Phi) is 19.2. The number of aldehydes is 2. The van der Waals surface area contributed by atoms with Crippen LogP contribution in [0.5, 0.6) is 0 Å². The Balaban J connectivity index is 0.000000421. The van der Waals surface area contributed by atoms with E-state index in [-0.39, 0.29) is 18.0 Å². The molecule has 2 aliphatic heterocycles. The van der Waals surface area contributed by atoms with Crippen molar-refractivity contribution in [1.29, 1.82) is 0 Å². The number of aromatic nitrogens is 2.